The number of hydrogen-bond acceptors (Lipinski definition) is 0. The van der Waals surface area contributed by atoms with Gasteiger partial charge in [-0.05, 0) is 42.4 Å². The molecule has 2 aliphatic carbocycles. The minimum Gasteiger partial charge on any atom is -0.0651 e. The van der Waals surface area contributed by atoms with Gasteiger partial charge in [-0.15, -0.1) is 0 Å². The summed E-state index contributed by atoms with van der Waals surface area (Å²) in [4.78, 5) is 0. The summed E-state index contributed by atoms with van der Waals surface area (Å²) in [6.45, 7) is 7.29. The first-order valence-corrected chi connectivity index (χ1v) is 5.75. The predicted molar refractivity (Wildman–Crippen MR) is 52.9 cm³/mol. The summed E-state index contributed by atoms with van der Waals surface area (Å²) in [6, 6.07) is 0. The topological polar surface area (TPSA) is 0 Å². The second kappa shape index (κ2) is 3.05. The second-order valence-electron chi connectivity index (χ2n) is 5.08. The third-order valence-electron chi connectivity index (χ3n) is 4.70. The highest BCUT2D eigenvalue weighted by atomic mass is 14.6. The fraction of sp³-hybridized carbons (Fsp3) is 1.00. The van der Waals surface area contributed by atoms with E-state index in [-0.39, 0.29) is 0 Å². The van der Waals surface area contributed by atoms with Gasteiger partial charge in [0.15, 0.2) is 0 Å². The van der Waals surface area contributed by atoms with Gasteiger partial charge in [-0.2, -0.15) is 0 Å². The van der Waals surface area contributed by atoms with E-state index in [1.165, 1.54) is 12.8 Å². The summed E-state index contributed by atoms with van der Waals surface area (Å²) in [5.74, 6) is 5.38. The van der Waals surface area contributed by atoms with Crippen LogP contribution in [-0.2, 0) is 0 Å². The van der Waals surface area contributed by atoms with Crippen molar-refractivity contribution in [2.45, 2.75) is 46.5 Å². The van der Waals surface area contributed by atoms with Crippen molar-refractivity contribution in [1.29, 1.82) is 0 Å². The van der Waals surface area contributed by atoms with E-state index in [1.807, 2.05) is 0 Å². The normalized spacial score (nSPS) is 48.2. The molecule has 0 bridgehead atoms. The van der Waals surface area contributed by atoms with Crippen LogP contribution in [0.25, 0.3) is 0 Å². The van der Waals surface area contributed by atoms with Crippen molar-refractivity contribution < 1.29 is 0 Å². The Morgan fingerprint density at radius 2 is 1.92 bits per heavy atom. The Morgan fingerprint density at radius 1 is 1.25 bits per heavy atom. The molecule has 0 spiro atoms. The zero-order chi connectivity index (χ0) is 8.72. The Morgan fingerprint density at radius 3 is 2.58 bits per heavy atom. The molecule has 12 heavy (non-hydrogen) atoms. The maximum absolute atomic E-state index is 2.49. The molecule has 0 aliphatic heterocycles. The Hall–Kier alpha value is 0. The van der Waals surface area contributed by atoms with Crippen LogP contribution in [0.15, 0.2) is 0 Å². The third-order valence-corrected chi connectivity index (χ3v) is 4.70. The first kappa shape index (κ1) is 8.59. The lowest BCUT2D eigenvalue weighted by Crippen LogP contribution is -2.45. The van der Waals surface area contributed by atoms with Crippen LogP contribution in [0.1, 0.15) is 46.5 Å². The van der Waals surface area contributed by atoms with Gasteiger partial charge in [-0.25, -0.2) is 0 Å². The van der Waals surface area contributed by atoms with Crippen LogP contribution in [0, 0.1) is 29.6 Å². The average molecular weight is 166 g/mol. The molecule has 0 radical (unpaired) electrons. The van der Waals surface area contributed by atoms with E-state index >= 15 is 0 Å². The van der Waals surface area contributed by atoms with Gasteiger partial charge in [0.2, 0.25) is 0 Å². The summed E-state index contributed by atoms with van der Waals surface area (Å²) in [5, 5.41) is 0. The van der Waals surface area contributed by atoms with E-state index in [1.54, 1.807) is 12.8 Å². The molecule has 2 fully saturated rings. The smallest absolute Gasteiger partial charge is 0.0329 e. The van der Waals surface area contributed by atoms with Gasteiger partial charge in [0, 0.05) is 0 Å². The third kappa shape index (κ3) is 1.03. The highest BCUT2D eigenvalue weighted by molar-refractivity contribution is 4.99. The van der Waals surface area contributed by atoms with Crippen molar-refractivity contribution >= 4 is 0 Å². The lowest BCUT2D eigenvalue weighted by Gasteiger charge is -2.50. The first-order valence-electron chi connectivity index (χ1n) is 5.75. The average Bonchev–Trinajstić information content (AvgIpc) is 2.48. The van der Waals surface area contributed by atoms with E-state index < -0.39 is 0 Å². The lowest BCUT2D eigenvalue weighted by molar-refractivity contribution is -0.0235. The molecular formula is C12H22. The summed E-state index contributed by atoms with van der Waals surface area (Å²) >= 11 is 0. The van der Waals surface area contributed by atoms with Gasteiger partial charge in [-0.1, -0.05) is 33.6 Å². The molecule has 2 rings (SSSR count). The maximum atomic E-state index is 2.49. The zero-order valence-corrected chi connectivity index (χ0v) is 8.72. The summed E-state index contributed by atoms with van der Waals surface area (Å²) in [7, 11) is 0. The quantitative estimate of drug-likeness (QED) is 0.586. The van der Waals surface area contributed by atoms with Crippen molar-refractivity contribution in [1.82, 2.24) is 0 Å². The van der Waals surface area contributed by atoms with Crippen LogP contribution in [0.2, 0.25) is 0 Å². The van der Waals surface area contributed by atoms with Crippen molar-refractivity contribution in [3.63, 3.8) is 0 Å². The highest BCUT2D eigenvalue weighted by Gasteiger charge is 2.50. The zero-order valence-electron chi connectivity index (χ0n) is 8.72. The highest BCUT2D eigenvalue weighted by Crippen LogP contribution is 2.58. The van der Waals surface area contributed by atoms with Gasteiger partial charge in [0.25, 0.3) is 0 Å². The SMILES string of the molecule is CCC(C)C1C(C)C2CCCC21. The molecule has 0 aromatic carbocycles. The van der Waals surface area contributed by atoms with Crippen molar-refractivity contribution in [2.75, 3.05) is 0 Å². The Kier molecular flexibility index (Phi) is 2.18. The monoisotopic (exact) mass is 166 g/mol. The molecule has 70 valence electrons. The Balaban J connectivity index is 1.99. The summed E-state index contributed by atoms with van der Waals surface area (Å²) in [5.41, 5.74) is 0. The molecule has 2 aliphatic rings. The molecular weight excluding hydrogens is 144 g/mol. The van der Waals surface area contributed by atoms with E-state index in [2.05, 4.69) is 20.8 Å². The van der Waals surface area contributed by atoms with Gasteiger partial charge in [0.1, 0.15) is 0 Å². The maximum Gasteiger partial charge on any atom is -0.0329 e. The molecule has 0 aromatic rings. The van der Waals surface area contributed by atoms with Crippen LogP contribution in [-0.4, -0.2) is 0 Å². The first-order chi connectivity index (χ1) is 5.75. The molecule has 0 nitrogen and oxygen atoms in total. The predicted octanol–water partition coefficient (Wildman–Crippen LogP) is 3.71. The number of fused-ring (bicyclic) bond motifs is 1. The molecule has 5 unspecified atom stereocenters. The van der Waals surface area contributed by atoms with Crippen LogP contribution in [0.3, 0.4) is 0 Å². The van der Waals surface area contributed by atoms with E-state index in [9.17, 15) is 0 Å². The molecule has 2 saturated carbocycles. The summed E-state index contributed by atoms with van der Waals surface area (Å²) < 4.78 is 0. The van der Waals surface area contributed by atoms with Gasteiger partial charge < -0.3 is 0 Å². The van der Waals surface area contributed by atoms with Crippen LogP contribution < -0.4 is 0 Å². The van der Waals surface area contributed by atoms with E-state index in [0.717, 1.165) is 29.6 Å². The van der Waals surface area contributed by atoms with Crippen molar-refractivity contribution in [3.05, 3.63) is 0 Å². The fourth-order valence-electron chi connectivity index (χ4n) is 3.89. The second-order valence-corrected chi connectivity index (χ2v) is 5.08. The molecule has 0 heterocycles. The number of rotatable bonds is 2. The standard InChI is InChI=1S/C12H22/c1-4-8(2)12-9(3)10-6-5-7-11(10)12/h8-12H,4-7H2,1-3H3. The van der Waals surface area contributed by atoms with Gasteiger partial charge in [-0.3, -0.25) is 0 Å². The Bertz CT molecular complexity index is 161. The van der Waals surface area contributed by atoms with Crippen LogP contribution in [0.4, 0.5) is 0 Å². The van der Waals surface area contributed by atoms with Gasteiger partial charge >= 0.3 is 0 Å². The van der Waals surface area contributed by atoms with Crippen LogP contribution >= 0.6 is 0 Å². The molecule has 0 aromatic heterocycles. The molecule has 0 amide bonds. The largest absolute Gasteiger partial charge is 0.0651 e. The summed E-state index contributed by atoms with van der Waals surface area (Å²) in [6.07, 6.45) is 5.99. The minimum atomic E-state index is 0.986. The van der Waals surface area contributed by atoms with E-state index in [0.29, 0.717) is 0 Å². The van der Waals surface area contributed by atoms with Gasteiger partial charge in [0.05, 0.1) is 0 Å². The molecule has 5 atom stereocenters. The van der Waals surface area contributed by atoms with Crippen molar-refractivity contribution in [2.24, 2.45) is 29.6 Å². The van der Waals surface area contributed by atoms with Crippen LogP contribution in [0.5, 0.6) is 0 Å². The minimum absolute atomic E-state index is 0.986. The molecule has 0 saturated heterocycles. The van der Waals surface area contributed by atoms with E-state index in [4.69, 9.17) is 0 Å². The van der Waals surface area contributed by atoms with Crippen molar-refractivity contribution in [3.8, 4) is 0 Å². The molecule has 0 heteroatoms. The lowest BCUT2D eigenvalue weighted by atomic mass is 9.55. The fourth-order valence-corrected chi connectivity index (χ4v) is 3.89. The number of hydrogen-bond donors (Lipinski definition) is 0. The molecule has 0 N–H and O–H groups in total. The Labute approximate surface area is 76.7 Å².